The summed E-state index contributed by atoms with van der Waals surface area (Å²) < 4.78 is 0. The summed E-state index contributed by atoms with van der Waals surface area (Å²) in [6.07, 6.45) is 11.9. The molecule has 0 aliphatic heterocycles. The standard InChI is InChI=1S/C19H28O/c1-2-3-4-5-6-7-10-16-11-8-9-12-19(16)17-13-14-18(20)15-17/h8-9,11-12,17H,2-7,10,13-15H2,1H3. The Hall–Kier alpha value is -1.11. The predicted molar refractivity (Wildman–Crippen MR) is 85.1 cm³/mol. The highest BCUT2D eigenvalue weighted by atomic mass is 16.1. The smallest absolute Gasteiger partial charge is 0.133 e. The summed E-state index contributed by atoms with van der Waals surface area (Å²) in [4.78, 5) is 11.5. The summed E-state index contributed by atoms with van der Waals surface area (Å²) in [6, 6.07) is 8.79. The second-order valence-electron chi connectivity index (χ2n) is 6.19. The Morgan fingerprint density at radius 3 is 2.55 bits per heavy atom. The number of carbonyl (C=O) groups is 1. The van der Waals surface area contributed by atoms with Gasteiger partial charge in [0.1, 0.15) is 5.78 Å². The second kappa shape index (κ2) is 8.24. The minimum absolute atomic E-state index is 0.448. The summed E-state index contributed by atoms with van der Waals surface area (Å²) in [5.41, 5.74) is 2.94. The fourth-order valence-corrected chi connectivity index (χ4v) is 3.34. The zero-order valence-corrected chi connectivity index (χ0v) is 12.9. The summed E-state index contributed by atoms with van der Waals surface area (Å²) >= 11 is 0. The van der Waals surface area contributed by atoms with Gasteiger partial charge < -0.3 is 0 Å². The molecule has 110 valence electrons. The Balaban J connectivity index is 1.83. The first kappa shape index (κ1) is 15.3. The molecule has 1 aromatic carbocycles. The summed E-state index contributed by atoms with van der Waals surface area (Å²) in [7, 11) is 0. The molecule has 0 heterocycles. The van der Waals surface area contributed by atoms with Crippen LogP contribution in [0.15, 0.2) is 24.3 Å². The van der Waals surface area contributed by atoms with Gasteiger partial charge in [-0.15, -0.1) is 0 Å². The van der Waals surface area contributed by atoms with Crippen molar-refractivity contribution in [3.05, 3.63) is 35.4 Å². The molecule has 1 saturated carbocycles. The number of aryl methyl sites for hydroxylation is 1. The van der Waals surface area contributed by atoms with Crippen LogP contribution in [0.25, 0.3) is 0 Å². The topological polar surface area (TPSA) is 17.1 Å². The van der Waals surface area contributed by atoms with Gasteiger partial charge in [-0.2, -0.15) is 0 Å². The minimum Gasteiger partial charge on any atom is -0.300 e. The number of hydrogen-bond donors (Lipinski definition) is 0. The number of carbonyl (C=O) groups excluding carboxylic acids is 1. The van der Waals surface area contributed by atoms with Crippen molar-refractivity contribution in [1.82, 2.24) is 0 Å². The molecule has 0 spiro atoms. The number of rotatable bonds is 8. The summed E-state index contributed by atoms with van der Waals surface area (Å²) in [5, 5.41) is 0. The highest BCUT2D eigenvalue weighted by Crippen LogP contribution is 2.34. The lowest BCUT2D eigenvalue weighted by atomic mass is 9.90. The molecule has 1 atom stereocenters. The number of unbranched alkanes of at least 4 members (excludes halogenated alkanes) is 5. The Labute approximate surface area is 123 Å². The maximum absolute atomic E-state index is 11.5. The van der Waals surface area contributed by atoms with Crippen molar-refractivity contribution in [3.63, 3.8) is 0 Å². The van der Waals surface area contributed by atoms with Crippen LogP contribution in [-0.4, -0.2) is 5.78 Å². The molecule has 1 heteroatoms. The van der Waals surface area contributed by atoms with E-state index in [9.17, 15) is 4.79 Å². The van der Waals surface area contributed by atoms with Gasteiger partial charge in [0.2, 0.25) is 0 Å². The lowest BCUT2D eigenvalue weighted by Gasteiger charge is -2.14. The number of ketones is 1. The third-order valence-electron chi connectivity index (χ3n) is 4.54. The maximum Gasteiger partial charge on any atom is 0.133 e. The summed E-state index contributed by atoms with van der Waals surface area (Å²) in [6.45, 7) is 2.26. The van der Waals surface area contributed by atoms with Crippen LogP contribution in [-0.2, 0) is 11.2 Å². The van der Waals surface area contributed by atoms with Crippen LogP contribution in [0.5, 0.6) is 0 Å². The van der Waals surface area contributed by atoms with Crippen molar-refractivity contribution in [1.29, 1.82) is 0 Å². The molecule has 1 aliphatic carbocycles. The van der Waals surface area contributed by atoms with Crippen molar-refractivity contribution >= 4 is 5.78 Å². The van der Waals surface area contributed by atoms with E-state index in [1.54, 1.807) is 0 Å². The Bertz CT molecular complexity index is 422. The summed E-state index contributed by atoms with van der Waals surface area (Å²) in [5.74, 6) is 0.947. The van der Waals surface area contributed by atoms with E-state index < -0.39 is 0 Å². The number of benzene rings is 1. The zero-order valence-electron chi connectivity index (χ0n) is 12.9. The Morgan fingerprint density at radius 2 is 1.80 bits per heavy atom. The molecule has 1 fully saturated rings. The van der Waals surface area contributed by atoms with Crippen LogP contribution in [0.1, 0.15) is 81.8 Å². The molecule has 1 aromatic rings. The van der Waals surface area contributed by atoms with Crippen LogP contribution < -0.4 is 0 Å². The van der Waals surface area contributed by atoms with Crippen molar-refractivity contribution < 1.29 is 4.79 Å². The largest absolute Gasteiger partial charge is 0.300 e. The second-order valence-corrected chi connectivity index (χ2v) is 6.19. The third kappa shape index (κ3) is 4.47. The SMILES string of the molecule is CCCCCCCCc1ccccc1C1CCC(=O)C1. The van der Waals surface area contributed by atoms with Crippen LogP contribution in [0.3, 0.4) is 0 Å². The van der Waals surface area contributed by atoms with Gasteiger partial charge in [-0.3, -0.25) is 4.79 Å². The van der Waals surface area contributed by atoms with Crippen molar-refractivity contribution in [2.45, 2.75) is 77.0 Å². The van der Waals surface area contributed by atoms with Crippen LogP contribution in [0, 0.1) is 0 Å². The molecule has 20 heavy (non-hydrogen) atoms. The first-order chi connectivity index (χ1) is 9.81. The van der Waals surface area contributed by atoms with Crippen molar-refractivity contribution in [2.75, 3.05) is 0 Å². The lowest BCUT2D eigenvalue weighted by molar-refractivity contribution is -0.117. The molecule has 0 N–H and O–H groups in total. The van der Waals surface area contributed by atoms with E-state index in [0.29, 0.717) is 11.7 Å². The van der Waals surface area contributed by atoms with Gasteiger partial charge in [-0.25, -0.2) is 0 Å². The Morgan fingerprint density at radius 1 is 1.05 bits per heavy atom. The maximum atomic E-state index is 11.5. The van der Waals surface area contributed by atoms with E-state index in [-0.39, 0.29) is 0 Å². The van der Waals surface area contributed by atoms with Gasteiger partial charge in [0.25, 0.3) is 0 Å². The van der Waals surface area contributed by atoms with Gasteiger partial charge >= 0.3 is 0 Å². The first-order valence-electron chi connectivity index (χ1n) is 8.40. The van der Waals surface area contributed by atoms with Crippen LogP contribution in [0.4, 0.5) is 0 Å². The van der Waals surface area contributed by atoms with E-state index >= 15 is 0 Å². The normalized spacial score (nSPS) is 18.6. The number of hydrogen-bond acceptors (Lipinski definition) is 1. The molecule has 0 amide bonds. The van der Waals surface area contributed by atoms with E-state index in [1.165, 1.54) is 56.1 Å². The lowest BCUT2D eigenvalue weighted by Crippen LogP contribution is -2.00. The van der Waals surface area contributed by atoms with E-state index in [1.807, 2.05) is 0 Å². The molecule has 1 nitrogen and oxygen atoms in total. The molecular formula is C19H28O. The molecule has 0 saturated heterocycles. The van der Waals surface area contributed by atoms with Gasteiger partial charge in [-0.1, -0.05) is 63.3 Å². The van der Waals surface area contributed by atoms with Crippen LogP contribution >= 0.6 is 0 Å². The average Bonchev–Trinajstić information content (AvgIpc) is 2.89. The molecule has 0 aromatic heterocycles. The average molecular weight is 272 g/mol. The fourth-order valence-electron chi connectivity index (χ4n) is 3.34. The Kier molecular flexibility index (Phi) is 6.29. The minimum atomic E-state index is 0.448. The van der Waals surface area contributed by atoms with Gasteiger partial charge in [0, 0.05) is 12.8 Å². The quantitative estimate of drug-likeness (QED) is 0.577. The van der Waals surface area contributed by atoms with E-state index in [2.05, 4.69) is 31.2 Å². The first-order valence-corrected chi connectivity index (χ1v) is 8.40. The monoisotopic (exact) mass is 272 g/mol. The highest BCUT2D eigenvalue weighted by Gasteiger charge is 2.24. The number of Topliss-reactive ketones (excluding diaryl/α,β-unsaturated/α-hetero) is 1. The van der Waals surface area contributed by atoms with Crippen LogP contribution in [0.2, 0.25) is 0 Å². The molecular weight excluding hydrogens is 244 g/mol. The van der Waals surface area contributed by atoms with E-state index in [0.717, 1.165) is 19.3 Å². The van der Waals surface area contributed by atoms with Gasteiger partial charge in [0.05, 0.1) is 0 Å². The fraction of sp³-hybridized carbons (Fsp3) is 0.632. The van der Waals surface area contributed by atoms with E-state index in [4.69, 9.17) is 0 Å². The molecule has 0 bridgehead atoms. The van der Waals surface area contributed by atoms with Gasteiger partial charge in [-0.05, 0) is 36.3 Å². The molecule has 2 rings (SSSR count). The third-order valence-corrected chi connectivity index (χ3v) is 4.54. The molecule has 0 radical (unpaired) electrons. The predicted octanol–water partition coefficient (Wildman–Crippen LogP) is 5.43. The van der Waals surface area contributed by atoms with Crippen molar-refractivity contribution in [2.24, 2.45) is 0 Å². The molecule has 1 unspecified atom stereocenters. The molecule has 1 aliphatic rings. The van der Waals surface area contributed by atoms with Crippen molar-refractivity contribution in [3.8, 4) is 0 Å². The highest BCUT2D eigenvalue weighted by molar-refractivity contribution is 5.81. The zero-order chi connectivity index (χ0) is 14.2. The van der Waals surface area contributed by atoms with Gasteiger partial charge in [0.15, 0.2) is 0 Å².